The number of hydrogen-bond donors (Lipinski definition) is 1. The van der Waals surface area contributed by atoms with Gasteiger partial charge in [0.15, 0.2) is 0 Å². The van der Waals surface area contributed by atoms with E-state index in [-0.39, 0.29) is 5.57 Å². The van der Waals surface area contributed by atoms with E-state index >= 15 is 0 Å². The summed E-state index contributed by atoms with van der Waals surface area (Å²) in [5.41, 5.74) is 0.166. The van der Waals surface area contributed by atoms with Gasteiger partial charge in [0.05, 0.1) is 6.16 Å². The summed E-state index contributed by atoms with van der Waals surface area (Å²) in [4.78, 5) is 10.4. The molecule has 0 aromatic rings. The quantitative estimate of drug-likeness (QED) is 0.397. The summed E-state index contributed by atoms with van der Waals surface area (Å²) < 4.78 is 21.0. The van der Waals surface area contributed by atoms with Crippen LogP contribution in [0.5, 0.6) is 0 Å². The third-order valence-corrected chi connectivity index (χ3v) is 4.00. The predicted octanol–water partition coefficient (Wildman–Crippen LogP) is 2.28. The Kier molecular flexibility index (Phi) is 6.48. The largest absolute Gasteiger partial charge is 0.478 e. The molecule has 0 aliphatic heterocycles. The summed E-state index contributed by atoms with van der Waals surface area (Å²) in [7, 11) is -0.274. The van der Waals surface area contributed by atoms with Gasteiger partial charge in [-0.3, -0.25) is 4.57 Å². The fraction of sp³-hybridized carbons (Fsp3) is 0.667. The molecule has 0 aromatic carbocycles. The fourth-order valence-electron chi connectivity index (χ4n) is 1.01. The molecule has 0 fully saturated rings. The van der Waals surface area contributed by atoms with E-state index in [1.165, 1.54) is 14.2 Å². The van der Waals surface area contributed by atoms with Gasteiger partial charge < -0.3 is 14.2 Å². The first-order valence-electron chi connectivity index (χ1n) is 4.57. The van der Waals surface area contributed by atoms with Gasteiger partial charge >= 0.3 is 13.6 Å². The molecule has 88 valence electrons. The molecule has 0 aliphatic rings. The zero-order chi connectivity index (χ0) is 11.9. The summed E-state index contributed by atoms with van der Waals surface area (Å²) in [5.74, 6) is -0.989. The molecule has 0 aliphatic carbocycles. The smallest absolute Gasteiger partial charge is 0.330 e. The number of carboxylic acids is 1. The number of hydrogen-bond acceptors (Lipinski definition) is 4. The second-order valence-corrected chi connectivity index (χ2v) is 5.46. The van der Waals surface area contributed by atoms with Crippen molar-refractivity contribution in [2.45, 2.75) is 19.3 Å². The molecular formula is C9H17O5P. The highest BCUT2D eigenvalue weighted by Gasteiger charge is 2.19. The van der Waals surface area contributed by atoms with Crippen LogP contribution >= 0.6 is 7.60 Å². The van der Waals surface area contributed by atoms with E-state index in [2.05, 4.69) is 6.58 Å². The van der Waals surface area contributed by atoms with E-state index in [1.54, 1.807) is 0 Å². The molecule has 0 heterocycles. The second kappa shape index (κ2) is 6.77. The lowest BCUT2D eigenvalue weighted by Crippen LogP contribution is -2.00. The van der Waals surface area contributed by atoms with Crippen LogP contribution in [0.3, 0.4) is 0 Å². The Morgan fingerprint density at radius 1 is 1.33 bits per heavy atom. The van der Waals surface area contributed by atoms with Gasteiger partial charge in [0.1, 0.15) is 0 Å². The van der Waals surface area contributed by atoms with E-state index in [9.17, 15) is 9.36 Å². The SMILES string of the molecule is C=C(CCCCP(=O)(OC)OC)C(=O)O. The van der Waals surface area contributed by atoms with Gasteiger partial charge in [-0.1, -0.05) is 6.58 Å². The van der Waals surface area contributed by atoms with Gasteiger partial charge in [0.2, 0.25) is 0 Å². The fourth-order valence-corrected chi connectivity index (χ4v) is 2.13. The maximum absolute atomic E-state index is 11.5. The molecule has 6 heteroatoms. The Bertz CT molecular complexity index is 266. The van der Waals surface area contributed by atoms with Crippen LogP contribution in [0.25, 0.3) is 0 Å². The molecule has 0 saturated heterocycles. The number of rotatable bonds is 8. The van der Waals surface area contributed by atoms with Crippen LogP contribution in [0.15, 0.2) is 12.2 Å². The maximum atomic E-state index is 11.5. The minimum atomic E-state index is -2.94. The van der Waals surface area contributed by atoms with Crippen LogP contribution in [-0.4, -0.2) is 31.5 Å². The summed E-state index contributed by atoms with van der Waals surface area (Å²) in [6.45, 7) is 3.40. The van der Waals surface area contributed by atoms with Gasteiger partial charge in [0, 0.05) is 19.8 Å². The topological polar surface area (TPSA) is 72.8 Å². The van der Waals surface area contributed by atoms with Crippen molar-refractivity contribution in [2.24, 2.45) is 0 Å². The third kappa shape index (κ3) is 5.72. The summed E-state index contributed by atoms with van der Waals surface area (Å²) in [6.07, 6.45) is 1.89. The van der Waals surface area contributed by atoms with Gasteiger partial charge in [-0.05, 0) is 19.3 Å². The average molecular weight is 236 g/mol. The summed E-state index contributed by atoms with van der Waals surface area (Å²) >= 11 is 0. The molecule has 0 unspecified atom stereocenters. The molecule has 0 atom stereocenters. The highest BCUT2D eigenvalue weighted by Crippen LogP contribution is 2.47. The standard InChI is InChI=1S/C9H17O5P/c1-8(9(10)11)6-4-5-7-15(12,13-2)14-3/h1,4-7H2,2-3H3,(H,10,11). The first-order valence-corrected chi connectivity index (χ1v) is 6.29. The molecule has 0 amide bonds. The van der Waals surface area contributed by atoms with E-state index in [1.807, 2.05) is 0 Å². The second-order valence-electron chi connectivity index (χ2n) is 3.07. The van der Waals surface area contributed by atoms with Crippen molar-refractivity contribution < 1.29 is 23.5 Å². The minimum Gasteiger partial charge on any atom is -0.478 e. The van der Waals surface area contributed by atoms with Crippen molar-refractivity contribution >= 4 is 13.6 Å². The van der Waals surface area contributed by atoms with Crippen molar-refractivity contribution in [1.82, 2.24) is 0 Å². The predicted molar refractivity (Wildman–Crippen MR) is 57.1 cm³/mol. The third-order valence-electron chi connectivity index (χ3n) is 2.02. The van der Waals surface area contributed by atoms with Gasteiger partial charge in [-0.2, -0.15) is 0 Å². The van der Waals surface area contributed by atoms with Crippen molar-refractivity contribution in [2.75, 3.05) is 20.4 Å². The van der Waals surface area contributed by atoms with Crippen LogP contribution in [0.1, 0.15) is 19.3 Å². The first kappa shape index (κ1) is 14.4. The first-order chi connectivity index (χ1) is 6.95. The van der Waals surface area contributed by atoms with Gasteiger partial charge in [0.25, 0.3) is 0 Å². The van der Waals surface area contributed by atoms with Crippen molar-refractivity contribution in [3.8, 4) is 0 Å². The van der Waals surface area contributed by atoms with Gasteiger partial charge in [-0.25, -0.2) is 4.79 Å². The van der Waals surface area contributed by atoms with Crippen molar-refractivity contribution in [3.63, 3.8) is 0 Å². The van der Waals surface area contributed by atoms with E-state index in [4.69, 9.17) is 14.2 Å². The Hall–Kier alpha value is -0.640. The molecule has 15 heavy (non-hydrogen) atoms. The van der Waals surface area contributed by atoms with Crippen molar-refractivity contribution in [1.29, 1.82) is 0 Å². The summed E-state index contributed by atoms with van der Waals surface area (Å²) in [5, 5.41) is 8.53. The number of carbonyl (C=O) groups is 1. The highest BCUT2D eigenvalue weighted by atomic mass is 31.2. The molecular weight excluding hydrogens is 219 g/mol. The Morgan fingerprint density at radius 2 is 1.87 bits per heavy atom. The Morgan fingerprint density at radius 3 is 2.27 bits per heavy atom. The van der Waals surface area contributed by atoms with Crippen LogP contribution in [0.4, 0.5) is 0 Å². The maximum Gasteiger partial charge on any atom is 0.330 e. The molecule has 0 bridgehead atoms. The van der Waals surface area contributed by atoms with Gasteiger partial charge in [-0.15, -0.1) is 0 Å². The highest BCUT2D eigenvalue weighted by molar-refractivity contribution is 7.53. The normalized spacial score (nSPS) is 11.3. The van der Waals surface area contributed by atoms with Crippen LogP contribution in [-0.2, 0) is 18.4 Å². The van der Waals surface area contributed by atoms with Crippen LogP contribution in [0, 0.1) is 0 Å². The van der Waals surface area contributed by atoms with E-state index in [0.717, 1.165) is 0 Å². The minimum absolute atomic E-state index is 0.166. The Balaban J connectivity index is 3.76. The number of unbranched alkanes of at least 4 members (excludes halogenated alkanes) is 1. The molecule has 0 saturated carbocycles. The molecule has 1 N–H and O–H groups in total. The molecule has 0 spiro atoms. The zero-order valence-corrected chi connectivity index (χ0v) is 9.96. The van der Waals surface area contributed by atoms with E-state index < -0.39 is 13.6 Å². The van der Waals surface area contributed by atoms with Crippen LogP contribution < -0.4 is 0 Å². The lowest BCUT2D eigenvalue weighted by atomic mass is 10.1. The monoisotopic (exact) mass is 236 g/mol. The van der Waals surface area contributed by atoms with Crippen LogP contribution in [0.2, 0.25) is 0 Å². The molecule has 0 rings (SSSR count). The van der Waals surface area contributed by atoms with E-state index in [0.29, 0.717) is 25.4 Å². The number of aliphatic carboxylic acids is 1. The number of carboxylic acid groups (broad SMARTS) is 1. The summed E-state index contributed by atoms with van der Waals surface area (Å²) in [6, 6.07) is 0. The zero-order valence-electron chi connectivity index (χ0n) is 9.06. The lowest BCUT2D eigenvalue weighted by molar-refractivity contribution is -0.132. The Labute approximate surface area is 89.6 Å². The molecule has 0 radical (unpaired) electrons. The average Bonchev–Trinajstić information content (AvgIpc) is 2.23. The lowest BCUT2D eigenvalue weighted by Gasteiger charge is -2.12. The van der Waals surface area contributed by atoms with Crippen molar-refractivity contribution in [3.05, 3.63) is 12.2 Å². The molecule has 5 nitrogen and oxygen atoms in total. The molecule has 0 aromatic heterocycles.